The highest BCUT2D eigenvalue weighted by atomic mass is 127. The highest BCUT2D eigenvalue weighted by molar-refractivity contribution is 14.0. The molecule has 0 saturated heterocycles. The summed E-state index contributed by atoms with van der Waals surface area (Å²) in [5.74, 6) is 0.613. The first-order chi connectivity index (χ1) is 10.3. The Balaban J connectivity index is 0.00000242. The van der Waals surface area contributed by atoms with E-state index in [1.165, 1.54) is 38.5 Å². The van der Waals surface area contributed by atoms with Crippen LogP contribution in [-0.4, -0.2) is 25.1 Å². The molecule has 0 unspecified atom stereocenters. The normalized spacial score (nSPS) is 16.5. The van der Waals surface area contributed by atoms with E-state index in [2.05, 4.69) is 27.8 Å². The summed E-state index contributed by atoms with van der Waals surface area (Å²) in [5.41, 5.74) is 7.13. The van der Waals surface area contributed by atoms with Crippen molar-refractivity contribution in [3.63, 3.8) is 0 Å². The van der Waals surface area contributed by atoms with Gasteiger partial charge in [0.1, 0.15) is 0 Å². The van der Waals surface area contributed by atoms with Crippen LogP contribution in [0.5, 0.6) is 0 Å². The number of nitrogens with zero attached hydrogens (tertiary/aromatic N) is 1. The van der Waals surface area contributed by atoms with Crippen LogP contribution in [0.15, 0.2) is 35.3 Å². The van der Waals surface area contributed by atoms with Crippen LogP contribution in [0.2, 0.25) is 0 Å². The van der Waals surface area contributed by atoms with Gasteiger partial charge in [0.2, 0.25) is 0 Å². The largest absolute Gasteiger partial charge is 0.385 e. The molecule has 0 spiro atoms. The van der Waals surface area contributed by atoms with Crippen LogP contribution in [0.4, 0.5) is 5.69 Å². The summed E-state index contributed by atoms with van der Waals surface area (Å²) in [6.07, 6.45) is 8.79. The van der Waals surface area contributed by atoms with Crippen molar-refractivity contribution in [3.05, 3.63) is 30.3 Å². The first-order valence-electron chi connectivity index (χ1n) is 8.20. The zero-order valence-electron chi connectivity index (χ0n) is 13.3. The molecule has 0 atom stereocenters. The van der Waals surface area contributed by atoms with Crippen molar-refractivity contribution >= 4 is 35.6 Å². The Morgan fingerprint density at radius 1 is 1.09 bits per heavy atom. The third-order valence-corrected chi connectivity index (χ3v) is 3.93. The quantitative estimate of drug-likeness (QED) is 0.218. The Morgan fingerprint density at radius 2 is 1.77 bits per heavy atom. The van der Waals surface area contributed by atoms with E-state index in [4.69, 9.17) is 5.73 Å². The minimum absolute atomic E-state index is 0. The van der Waals surface area contributed by atoms with Gasteiger partial charge in [-0.15, -0.1) is 24.0 Å². The van der Waals surface area contributed by atoms with Gasteiger partial charge in [-0.1, -0.05) is 43.9 Å². The number of hydrogen-bond donors (Lipinski definition) is 3. The molecule has 4 nitrogen and oxygen atoms in total. The van der Waals surface area contributed by atoms with Gasteiger partial charge in [0.25, 0.3) is 0 Å². The van der Waals surface area contributed by atoms with Crippen LogP contribution in [0.1, 0.15) is 44.9 Å². The van der Waals surface area contributed by atoms with Crippen LogP contribution < -0.4 is 16.4 Å². The number of nitrogens with two attached hydrogens (primary N) is 1. The minimum Gasteiger partial charge on any atom is -0.385 e. The predicted octanol–water partition coefficient (Wildman–Crippen LogP) is 3.73. The Kier molecular flexibility index (Phi) is 10.0. The molecule has 1 aromatic carbocycles. The zero-order valence-corrected chi connectivity index (χ0v) is 15.6. The maximum absolute atomic E-state index is 5.97. The fraction of sp³-hybridized carbons (Fsp3) is 0.588. The van der Waals surface area contributed by atoms with Gasteiger partial charge in [0, 0.05) is 24.8 Å². The minimum atomic E-state index is 0. The van der Waals surface area contributed by atoms with E-state index in [0.29, 0.717) is 12.0 Å². The van der Waals surface area contributed by atoms with E-state index in [0.717, 1.165) is 25.2 Å². The molecule has 124 valence electrons. The molecule has 0 heterocycles. The number of aliphatic imine (C=N–C) groups is 1. The van der Waals surface area contributed by atoms with Crippen molar-refractivity contribution in [3.8, 4) is 0 Å². The van der Waals surface area contributed by atoms with Crippen LogP contribution >= 0.6 is 24.0 Å². The molecule has 5 heteroatoms. The van der Waals surface area contributed by atoms with Crippen LogP contribution in [0.25, 0.3) is 0 Å². The summed E-state index contributed by atoms with van der Waals surface area (Å²) in [6.45, 7) is 1.69. The fourth-order valence-electron chi connectivity index (χ4n) is 2.75. The second-order valence-corrected chi connectivity index (χ2v) is 5.75. The molecule has 1 aromatic rings. The van der Waals surface area contributed by atoms with Crippen molar-refractivity contribution < 1.29 is 0 Å². The van der Waals surface area contributed by atoms with Crippen molar-refractivity contribution in [1.29, 1.82) is 0 Å². The Labute approximate surface area is 151 Å². The molecule has 0 aromatic heterocycles. The van der Waals surface area contributed by atoms with Gasteiger partial charge in [-0.05, 0) is 31.4 Å². The van der Waals surface area contributed by atoms with E-state index >= 15 is 0 Å². The van der Waals surface area contributed by atoms with Crippen LogP contribution in [0, 0.1) is 0 Å². The van der Waals surface area contributed by atoms with E-state index in [1.54, 1.807) is 0 Å². The number of nitrogens with one attached hydrogen (secondary N) is 2. The molecule has 0 amide bonds. The van der Waals surface area contributed by atoms with E-state index in [1.807, 2.05) is 18.2 Å². The first kappa shape index (κ1) is 19.1. The molecule has 0 radical (unpaired) electrons. The third-order valence-electron chi connectivity index (χ3n) is 3.93. The van der Waals surface area contributed by atoms with Gasteiger partial charge in [0.15, 0.2) is 5.96 Å². The lowest BCUT2D eigenvalue weighted by molar-refractivity contribution is 0.530. The number of anilines is 1. The Hall–Kier alpha value is -0.980. The summed E-state index contributed by atoms with van der Waals surface area (Å²) < 4.78 is 0. The van der Waals surface area contributed by atoms with E-state index < -0.39 is 0 Å². The highest BCUT2D eigenvalue weighted by Crippen LogP contribution is 2.16. The molecule has 1 fully saturated rings. The number of hydrogen-bond acceptors (Lipinski definition) is 2. The number of halogens is 1. The number of guanidine groups is 1. The number of benzene rings is 1. The topological polar surface area (TPSA) is 62.4 Å². The average molecular weight is 416 g/mol. The van der Waals surface area contributed by atoms with Gasteiger partial charge < -0.3 is 16.4 Å². The van der Waals surface area contributed by atoms with Crippen molar-refractivity contribution in [2.75, 3.05) is 18.4 Å². The van der Waals surface area contributed by atoms with Crippen molar-refractivity contribution in [2.45, 2.75) is 51.0 Å². The molecule has 1 aliphatic carbocycles. The van der Waals surface area contributed by atoms with E-state index in [9.17, 15) is 0 Å². The summed E-state index contributed by atoms with van der Waals surface area (Å²) >= 11 is 0. The van der Waals surface area contributed by atoms with Gasteiger partial charge in [-0.3, -0.25) is 4.99 Å². The highest BCUT2D eigenvalue weighted by Gasteiger charge is 2.11. The second kappa shape index (κ2) is 11.6. The summed E-state index contributed by atoms with van der Waals surface area (Å²) in [6, 6.07) is 10.8. The maximum atomic E-state index is 5.97. The molecule has 1 saturated carbocycles. The van der Waals surface area contributed by atoms with Crippen LogP contribution in [0.3, 0.4) is 0 Å². The SMILES string of the molecule is I.NC(=NCCCNc1ccccc1)NC1CCCCCC1. The first-order valence-corrected chi connectivity index (χ1v) is 8.20. The second-order valence-electron chi connectivity index (χ2n) is 5.75. The summed E-state index contributed by atoms with van der Waals surface area (Å²) in [7, 11) is 0. The zero-order chi connectivity index (χ0) is 14.8. The molecule has 22 heavy (non-hydrogen) atoms. The van der Waals surface area contributed by atoms with Gasteiger partial charge in [-0.2, -0.15) is 0 Å². The van der Waals surface area contributed by atoms with E-state index in [-0.39, 0.29) is 24.0 Å². The predicted molar refractivity (Wildman–Crippen MR) is 106 cm³/mol. The van der Waals surface area contributed by atoms with Gasteiger partial charge in [-0.25, -0.2) is 0 Å². The Bertz CT molecular complexity index is 414. The third kappa shape index (κ3) is 7.87. The van der Waals surface area contributed by atoms with Crippen molar-refractivity contribution in [1.82, 2.24) is 5.32 Å². The Morgan fingerprint density at radius 3 is 2.45 bits per heavy atom. The molecule has 0 aliphatic heterocycles. The van der Waals surface area contributed by atoms with Crippen molar-refractivity contribution in [2.24, 2.45) is 10.7 Å². The van der Waals surface area contributed by atoms with Crippen LogP contribution in [-0.2, 0) is 0 Å². The number of rotatable bonds is 6. The molecule has 4 N–H and O–H groups in total. The summed E-state index contributed by atoms with van der Waals surface area (Å²) in [5, 5.41) is 6.75. The molecule has 2 rings (SSSR count). The summed E-state index contributed by atoms with van der Waals surface area (Å²) in [4.78, 5) is 4.42. The number of para-hydroxylation sites is 1. The fourth-order valence-corrected chi connectivity index (χ4v) is 2.75. The lowest BCUT2D eigenvalue weighted by Gasteiger charge is -2.16. The average Bonchev–Trinajstić information content (AvgIpc) is 2.76. The smallest absolute Gasteiger partial charge is 0.188 e. The molecular formula is C17H29IN4. The lowest BCUT2D eigenvalue weighted by atomic mass is 10.1. The standard InChI is InChI=1S/C17H28N4.HI/c18-17(21-16-11-4-1-2-5-12-16)20-14-8-13-19-15-9-6-3-7-10-15;/h3,6-7,9-10,16,19H,1-2,4-5,8,11-14H2,(H3,18,20,21);1H. The maximum Gasteiger partial charge on any atom is 0.188 e. The molecular weight excluding hydrogens is 387 g/mol. The lowest BCUT2D eigenvalue weighted by Crippen LogP contribution is -2.39. The molecule has 1 aliphatic rings. The van der Waals surface area contributed by atoms with Gasteiger partial charge >= 0.3 is 0 Å². The van der Waals surface area contributed by atoms with Gasteiger partial charge in [0.05, 0.1) is 0 Å². The molecule has 0 bridgehead atoms. The monoisotopic (exact) mass is 416 g/mol.